The van der Waals surface area contributed by atoms with Crippen molar-refractivity contribution in [3.8, 4) is 5.88 Å². The molecule has 1 atom stereocenters. The molecule has 0 spiro atoms. The van der Waals surface area contributed by atoms with Gasteiger partial charge in [-0.15, -0.1) is 10.2 Å². The zero-order valence-electron chi connectivity index (χ0n) is 10.5. The number of methoxy groups -OCH3 is 1. The smallest absolute Gasteiger partial charge is 0.233 e. The quantitative estimate of drug-likeness (QED) is 0.894. The number of aliphatic hydroxyl groups excluding tert-OH is 1. The molecule has 0 amide bonds. The van der Waals surface area contributed by atoms with E-state index < -0.39 is 6.10 Å². The molecule has 1 aromatic heterocycles. The van der Waals surface area contributed by atoms with Crippen molar-refractivity contribution in [3.05, 3.63) is 53.2 Å². The predicted octanol–water partition coefficient (Wildman–Crippen LogP) is 2.07. The molecule has 0 aliphatic rings. The first kappa shape index (κ1) is 12.5. The van der Waals surface area contributed by atoms with Gasteiger partial charge < -0.3 is 9.84 Å². The van der Waals surface area contributed by atoms with E-state index in [-0.39, 0.29) is 0 Å². The second kappa shape index (κ2) is 5.60. The Balaban J connectivity index is 2.06. The molecule has 1 N–H and O–H groups in total. The third-order valence-corrected chi connectivity index (χ3v) is 2.76. The summed E-state index contributed by atoms with van der Waals surface area (Å²) in [7, 11) is 1.53. The van der Waals surface area contributed by atoms with Crippen LogP contribution in [0.5, 0.6) is 5.88 Å². The molecule has 2 rings (SSSR count). The largest absolute Gasteiger partial charge is 0.480 e. The lowest BCUT2D eigenvalue weighted by molar-refractivity contribution is 0.172. The fraction of sp³-hybridized carbons (Fsp3) is 0.286. The van der Waals surface area contributed by atoms with E-state index in [1.807, 2.05) is 31.2 Å². The SMILES string of the molecule is COc1ccc(C(O)Cc2ccc(C)cc2)nn1. The normalized spacial score (nSPS) is 12.2. The number of ether oxygens (including phenoxy) is 1. The van der Waals surface area contributed by atoms with Crippen LogP contribution < -0.4 is 4.74 Å². The highest BCUT2D eigenvalue weighted by molar-refractivity contribution is 5.23. The van der Waals surface area contributed by atoms with Gasteiger partial charge in [0, 0.05) is 12.5 Å². The zero-order valence-corrected chi connectivity index (χ0v) is 10.5. The molecule has 0 aliphatic carbocycles. The van der Waals surface area contributed by atoms with Gasteiger partial charge in [-0.3, -0.25) is 0 Å². The molecule has 0 bridgehead atoms. The van der Waals surface area contributed by atoms with E-state index in [0.717, 1.165) is 5.56 Å². The van der Waals surface area contributed by atoms with Gasteiger partial charge in [0.2, 0.25) is 5.88 Å². The minimum Gasteiger partial charge on any atom is -0.480 e. The van der Waals surface area contributed by atoms with Crippen LogP contribution in [-0.2, 0) is 6.42 Å². The van der Waals surface area contributed by atoms with Gasteiger partial charge in [0.15, 0.2) is 0 Å². The van der Waals surface area contributed by atoms with Crippen LogP contribution in [0.15, 0.2) is 36.4 Å². The molecular formula is C14H16N2O2. The first-order valence-corrected chi connectivity index (χ1v) is 5.80. The molecule has 1 aromatic carbocycles. The maximum Gasteiger partial charge on any atom is 0.233 e. The van der Waals surface area contributed by atoms with Crippen LogP contribution in [0, 0.1) is 6.92 Å². The van der Waals surface area contributed by atoms with Crippen molar-refractivity contribution in [2.75, 3.05) is 7.11 Å². The lowest BCUT2D eigenvalue weighted by Crippen LogP contribution is -2.05. The Kier molecular flexibility index (Phi) is 3.89. The number of nitrogens with zero attached hydrogens (tertiary/aromatic N) is 2. The van der Waals surface area contributed by atoms with Gasteiger partial charge in [-0.25, -0.2) is 0 Å². The maximum absolute atomic E-state index is 10.1. The first-order chi connectivity index (χ1) is 8.69. The van der Waals surface area contributed by atoms with Crippen molar-refractivity contribution in [1.82, 2.24) is 10.2 Å². The van der Waals surface area contributed by atoms with Crippen LogP contribution in [0.4, 0.5) is 0 Å². The van der Waals surface area contributed by atoms with Crippen LogP contribution in [0.3, 0.4) is 0 Å². The summed E-state index contributed by atoms with van der Waals surface area (Å²) in [5.41, 5.74) is 2.83. The van der Waals surface area contributed by atoms with Gasteiger partial charge in [-0.1, -0.05) is 29.8 Å². The Hall–Kier alpha value is -1.94. The maximum atomic E-state index is 10.1. The Labute approximate surface area is 106 Å². The summed E-state index contributed by atoms with van der Waals surface area (Å²) < 4.78 is 4.93. The molecule has 94 valence electrons. The highest BCUT2D eigenvalue weighted by Crippen LogP contribution is 2.17. The molecule has 0 aliphatic heterocycles. The van der Waals surface area contributed by atoms with E-state index in [1.165, 1.54) is 12.7 Å². The Morgan fingerprint density at radius 3 is 2.39 bits per heavy atom. The van der Waals surface area contributed by atoms with E-state index in [4.69, 9.17) is 4.74 Å². The summed E-state index contributed by atoms with van der Waals surface area (Å²) in [5.74, 6) is 0.446. The highest BCUT2D eigenvalue weighted by Gasteiger charge is 2.10. The van der Waals surface area contributed by atoms with Crippen LogP contribution in [0.1, 0.15) is 22.9 Å². The highest BCUT2D eigenvalue weighted by atomic mass is 16.5. The molecule has 1 heterocycles. The Morgan fingerprint density at radius 2 is 1.83 bits per heavy atom. The topological polar surface area (TPSA) is 55.2 Å². The van der Waals surface area contributed by atoms with E-state index in [0.29, 0.717) is 18.0 Å². The van der Waals surface area contributed by atoms with E-state index in [2.05, 4.69) is 10.2 Å². The van der Waals surface area contributed by atoms with Crippen molar-refractivity contribution >= 4 is 0 Å². The van der Waals surface area contributed by atoms with Crippen LogP contribution in [0.25, 0.3) is 0 Å². The third kappa shape index (κ3) is 3.05. The van der Waals surface area contributed by atoms with Gasteiger partial charge in [0.25, 0.3) is 0 Å². The molecule has 18 heavy (non-hydrogen) atoms. The minimum absolute atomic E-state index is 0.446. The average Bonchev–Trinajstić information content (AvgIpc) is 2.41. The second-order valence-electron chi connectivity index (χ2n) is 4.21. The van der Waals surface area contributed by atoms with Crippen molar-refractivity contribution in [2.24, 2.45) is 0 Å². The minimum atomic E-state index is -0.647. The number of aromatic nitrogens is 2. The fourth-order valence-electron chi connectivity index (χ4n) is 1.67. The lowest BCUT2D eigenvalue weighted by atomic mass is 10.0. The summed E-state index contributed by atoms with van der Waals surface area (Å²) in [6.45, 7) is 2.04. The van der Waals surface area contributed by atoms with Crippen LogP contribution in [0.2, 0.25) is 0 Å². The monoisotopic (exact) mass is 244 g/mol. The molecule has 0 saturated carbocycles. The van der Waals surface area contributed by atoms with Gasteiger partial charge >= 0.3 is 0 Å². The Morgan fingerprint density at radius 1 is 1.11 bits per heavy atom. The summed E-state index contributed by atoms with van der Waals surface area (Å²) in [6, 6.07) is 11.5. The lowest BCUT2D eigenvalue weighted by Gasteiger charge is -2.10. The predicted molar refractivity (Wildman–Crippen MR) is 68.4 cm³/mol. The van der Waals surface area contributed by atoms with Crippen LogP contribution in [-0.4, -0.2) is 22.4 Å². The number of hydrogen-bond acceptors (Lipinski definition) is 4. The van der Waals surface area contributed by atoms with Gasteiger partial charge in [-0.05, 0) is 18.6 Å². The molecule has 0 saturated heterocycles. The van der Waals surface area contributed by atoms with Crippen molar-refractivity contribution < 1.29 is 9.84 Å². The van der Waals surface area contributed by atoms with Crippen molar-refractivity contribution in [2.45, 2.75) is 19.4 Å². The average molecular weight is 244 g/mol. The number of aryl methyl sites for hydroxylation is 1. The molecule has 4 nitrogen and oxygen atoms in total. The van der Waals surface area contributed by atoms with Crippen molar-refractivity contribution in [1.29, 1.82) is 0 Å². The van der Waals surface area contributed by atoms with Gasteiger partial charge in [-0.2, -0.15) is 0 Å². The fourth-order valence-corrected chi connectivity index (χ4v) is 1.67. The van der Waals surface area contributed by atoms with E-state index in [9.17, 15) is 5.11 Å². The Bertz CT molecular complexity index is 494. The van der Waals surface area contributed by atoms with Gasteiger partial charge in [0.05, 0.1) is 12.8 Å². The summed E-state index contributed by atoms with van der Waals surface area (Å²) in [6.07, 6.45) is -0.118. The molecular weight excluding hydrogens is 228 g/mol. The number of aliphatic hydroxyl groups is 1. The van der Waals surface area contributed by atoms with Gasteiger partial charge in [0.1, 0.15) is 6.10 Å². The van der Waals surface area contributed by atoms with E-state index >= 15 is 0 Å². The zero-order chi connectivity index (χ0) is 13.0. The molecule has 0 radical (unpaired) electrons. The summed E-state index contributed by atoms with van der Waals surface area (Å²) in [5, 5.41) is 17.8. The standard InChI is InChI=1S/C14H16N2O2/c1-10-3-5-11(6-4-10)9-13(17)12-7-8-14(18-2)16-15-12/h3-8,13,17H,9H2,1-2H3. The number of benzene rings is 1. The molecule has 1 unspecified atom stereocenters. The summed E-state index contributed by atoms with van der Waals surface area (Å²) >= 11 is 0. The third-order valence-electron chi connectivity index (χ3n) is 2.76. The molecule has 0 fully saturated rings. The van der Waals surface area contributed by atoms with Crippen LogP contribution >= 0.6 is 0 Å². The van der Waals surface area contributed by atoms with Crippen molar-refractivity contribution in [3.63, 3.8) is 0 Å². The number of hydrogen-bond donors (Lipinski definition) is 1. The second-order valence-corrected chi connectivity index (χ2v) is 4.21. The summed E-state index contributed by atoms with van der Waals surface area (Å²) in [4.78, 5) is 0. The number of rotatable bonds is 4. The van der Waals surface area contributed by atoms with E-state index in [1.54, 1.807) is 12.1 Å². The molecule has 2 aromatic rings. The first-order valence-electron chi connectivity index (χ1n) is 5.80. The molecule has 4 heteroatoms.